The van der Waals surface area contributed by atoms with Crippen LogP contribution >= 0.6 is 11.6 Å². The molecule has 0 saturated carbocycles. The Morgan fingerprint density at radius 3 is 2.55 bits per heavy atom. The molecule has 1 heterocycles. The van der Waals surface area contributed by atoms with E-state index in [0.29, 0.717) is 10.6 Å². The first-order valence-electron chi connectivity index (χ1n) is 6.23. The van der Waals surface area contributed by atoms with Crippen molar-refractivity contribution >= 4 is 17.5 Å². The second-order valence-electron chi connectivity index (χ2n) is 4.48. The van der Waals surface area contributed by atoms with Crippen molar-refractivity contribution in [1.29, 1.82) is 0 Å². The molecule has 106 valence electrons. The van der Waals surface area contributed by atoms with Crippen molar-refractivity contribution in [2.45, 2.75) is 19.1 Å². The number of halogens is 1. The topological polar surface area (TPSA) is 51.5 Å². The Hall–Kier alpha value is -1.78. The molecule has 0 spiro atoms. The number of amides is 1. The van der Waals surface area contributed by atoms with Crippen molar-refractivity contribution in [3.63, 3.8) is 0 Å². The van der Waals surface area contributed by atoms with Gasteiger partial charge in [-0.1, -0.05) is 23.7 Å². The van der Waals surface area contributed by atoms with Crippen LogP contribution in [0.25, 0.3) is 0 Å². The molecule has 20 heavy (non-hydrogen) atoms. The van der Waals surface area contributed by atoms with Crippen molar-refractivity contribution in [3.05, 3.63) is 59.0 Å². The molecule has 0 unspecified atom stereocenters. The van der Waals surface area contributed by atoms with Crippen LogP contribution in [0.1, 0.15) is 28.9 Å². The van der Waals surface area contributed by atoms with Crippen LogP contribution in [0.3, 0.4) is 0 Å². The second-order valence-corrected chi connectivity index (χ2v) is 4.92. The minimum absolute atomic E-state index is 0.191. The summed E-state index contributed by atoms with van der Waals surface area (Å²) >= 11 is 5.87. The Bertz CT molecular complexity index is 551. The number of carbonyl (C=O) groups excluding carboxylic acids is 1. The quantitative estimate of drug-likeness (QED) is 0.919. The van der Waals surface area contributed by atoms with Gasteiger partial charge in [0.1, 0.15) is 12.4 Å². The minimum atomic E-state index is -0.247. The van der Waals surface area contributed by atoms with Crippen LogP contribution in [-0.4, -0.2) is 19.1 Å². The van der Waals surface area contributed by atoms with Crippen LogP contribution in [0, 0.1) is 0 Å². The summed E-state index contributed by atoms with van der Waals surface area (Å²) in [6.07, 6.45) is 2.63. The van der Waals surface area contributed by atoms with E-state index in [0.717, 1.165) is 5.56 Å². The predicted octanol–water partition coefficient (Wildman–Crippen LogP) is 3.44. The predicted molar refractivity (Wildman–Crippen MR) is 76.8 cm³/mol. The molecular weight excluding hydrogens is 278 g/mol. The highest BCUT2D eigenvalue weighted by molar-refractivity contribution is 6.30. The third-order valence-electron chi connectivity index (χ3n) is 3.05. The average molecular weight is 294 g/mol. The second kappa shape index (κ2) is 6.59. The van der Waals surface area contributed by atoms with Crippen molar-refractivity contribution in [2.75, 3.05) is 7.11 Å². The lowest BCUT2D eigenvalue weighted by atomic mass is 10.0. The lowest BCUT2D eigenvalue weighted by molar-refractivity contribution is 0.0644. The summed E-state index contributed by atoms with van der Waals surface area (Å²) in [5, 5.41) is 3.55. The zero-order valence-corrected chi connectivity index (χ0v) is 12.1. The van der Waals surface area contributed by atoms with Crippen LogP contribution in [0.4, 0.5) is 0 Å². The summed E-state index contributed by atoms with van der Waals surface area (Å²) in [4.78, 5) is 12.0. The molecule has 2 aromatic rings. The molecule has 0 bridgehead atoms. The number of rotatable bonds is 5. The SMILES string of the molecule is CO[C@H](c1ccc(Cl)cc1)[C@H](C)NC(=O)c1ccoc1. The zero-order valence-electron chi connectivity index (χ0n) is 11.3. The molecule has 4 nitrogen and oxygen atoms in total. The van der Waals surface area contributed by atoms with Gasteiger partial charge in [0.25, 0.3) is 5.91 Å². The molecule has 0 radical (unpaired) electrons. The van der Waals surface area contributed by atoms with E-state index >= 15 is 0 Å². The highest BCUT2D eigenvalue weighted by atomic mass is 35.5. The Kier molecular flexibility index (Phi) is 4.82. The monoisotopic (exact) mass is 293 g/mol. The number of benzene rings is 1. The van der Waals surface area contributed by atoms with E-state index in [4.69, 9.17) is 20.8 Å². The summed E-state index contributed by atoms with van der Waals surface area (Å²) in [6, 6.07) is 8.80. The molecule has 0 aliphatic carbocycles. The fourth-order valence-corrected chi connectivity index (χ4v) is 2.17. The summed E-state index contributed by atoms with van der Waals surface area (Å²) in [6.45, 7) is 1.89. The van der Waals surface area contributed by atoms with Gasteiger partial charge in [0.05, 0.1) is 17.9 Å². The van der Waals surface area contributed by atoms with Gasteiger partial charge in [-0.2, -0.15) is 0 Å². The van der Waals surface area contributed by atoms with Crippen LogP contribution in [0.15, 0.2) is 47.3 Å². The van der Waals surface area contributed by atoms with Gasteiger partial charge in [-0.15, -0.1) is 0 Å². The minimum Gasteiger partial charge on any atom is -0.472 e. The zero-order chi connectivity index (χ0) is 14.5. The molecular formula is C15H16ClNO3. The van der Waals surface area contributed by atoms with Gasteiger partial charge in [-0.05, 0) is 30.7 Å². The lowest BCUT2D eigenvalue weighted by Crippen LogP contribution is -2.37. The first kappa shape index (κ1) is 14.6. The molecule has 1 aromatic carbocycles. The number of methoxy groups -OCH3 is 1. The Morgan fingerprint density at radius 2 is 2.00 bits per heavy atom. The number of hydrogen-bond donors (Lipinski definition) is 1. The maximum Gasteiger partial charge on any atom is 0.254 e. The normalized spacial score (nSPS) is 13.8. The van der Waals surface area contributed by atoms with E-state index in [1.807, 2.05) is 19.1 Å². The largest absolute Gasteiger partial charge is 0.472 e. The van der Waals surface area contributed by atoms with Crippen molar-refractivity contribution in [2.24, 2.45) is 0 Å². The molecule has 0 saturated heterocycles. The van der Waals surface area contributed by atoms with Gasteiger partial charge in [-0.25, -0.2) is 0 Å². The average Bonchev–Trinajstić information content (AvgIpc) is 2.96. The Labute approximate surface area is 122 Å². The molecule has 5 heteroatoms. The number of hydrogen-bond acceptors (Lipinski definition) is 3. The molecule has 1 aromatic heterocycles. The van der Waals surface area contributed by atoms with Crippen LogP contribution in [0.5, 0.6) is 0 Å². The first-order chi connectivity index (χ1) is 9.61. The molecule has 2 atom stereocenters. The number of ether oxygens (including phenoxy) is 1. The summed E-state index contributed by atoms with van der Waals surface area (Å²) in [7, 11) is 1.61. The van der Waals surface area contributed by atoms with Crippen LogP contribution in [-0.2, 0) is 4.74 Å². The maximum atomic E-state index is 12.0. The van der Waals surface area contributed by atoms with E-state index < -0.39 is 0 Å². The van der Waals surface area contributed by atoms with E-state index in [1.54, 1.807) is 25.3 Å². The van der Waals surface area contributed by atoms with Gasteiger partial charge in [-0.3, -0.25) is 4.79 Å². The van der Waals surface area contributed by atoms with Gasteiger partial charge >= 0.3 is 0 Å². The van der Waals surface area contributed by atoms with Gasteiger partial charge < -0.3 is 14.5 Å². The summed E-state index contributed by atoms with van der Waals surface area (Å²) in [5.74, 6) is -0.192. The van der Waals surface area contributed by atoms with E-state index in [2.05, 4.69) is 5.32 Å². The van der Waals surface area contributed by atoms with Gasteiger partial charge in [0.2, 0.25) is 0 Å². The molecule has 1 N–H and O–H groups in total. The molecule has 0 aliphatic rings. The van der Waals surface area contributed by atoms with Crippen molar-refractivity contribution in [1.82, 2.24) is 5.32 Å². The van der Waals surface area contributed by atoms with Crippen LogP contribution in [0.2, 0.25) is 5.02 Å². The third-order valence-corrected chi connectivity index (χ3v) is 3.30. The lowest BCUT2D eigenvalue weighted by Gasteiger charge is -2.24. The van der Waals surface area contributed by atoms with Crippen LogP contribution < -0.4 is 5.32 Å². The highest BCUT2D eigenvalue weighted by Crippen LogP contribution is 2.22. The standard InChI is InChI=1S/C15H16ClNO3/c1-10(17-15(18)12-7-8-20-9-12)14(19-2)11-3-5-13(16)6-4-11/h3-10,14H,1-2H3,(H,17,18)/t10-,14-/m0/s1. The fraction of sp³-hybridized carbons (Fsp3) is 0.267. The molecule has 0 aliphatic heterocycles. The third kappa shape index (κ3) is 3.40. The fourth-order valence-electron chi connectivity index (χ4n) is 2.04. The van der Waals surface area contributed by atoms with Crippen molar-refractivity contribution in [3.8, 4) is 0 Å². The Balaban J connectivity index is 2.07. The van der Waals surface area contributed by atoms with Crippen molar-refractivity contribution < 1.29 is 13.9 Å². The van der Waals surface area contributed by atoms with Gasteiger partial charge in [0.15, 0.2) is 0 Å². The maximum absolute atomic E-state index is 12.0. The molecule has 1 amide bonds. The smallest absolute Gasteiger partial charge is 0.254 e. The number of carbonyl (C=O) groups is 1. The van der Waals surface area contributed by atoms with E-state index in [1.165, 1.54) is 12.5 Å². The van der Waals surface area contributed by atoms with E-state index in [-0.39, 0.29) is 18.1 Å². The highest BCUT2D eigenvalue weighted by Gasteiger charge is 2.21. The Morgan fingerprint density at radius 1 is 1.30 bits per heavy atom. The molecule has 0 fully saturated rings. The first-order valence-corrected chi connectivity index (χ1v) is 6.61. The van der Waals surface area contributed by atoms with Gasteiger partial charge in [0, 0.05) is 12.1 Å². The number of furan rings is 1. The summed E-state index contributed by atoms with van der Waals surface area (Å²) in [5.41, 5.74) is 1.44. The summed E-state index contributed by atoms with van der Waals surface area (Å²) < 4.78 is 10.4. The molecule has 2 rings (SSSR count). The van der Waals surface area contributed by atoms with E-state index in [9.17, 15) is 4.79 Å². The number of nitrogens with one attached hydrogen (secondary N) is 1.